The lowest BCUT2D eigenvalue weighted by Crippen LogP contribution is -2.34. The Kier molecular flexibility index (Phi) is 4.59. The summed E-state index contributed by atoms with van der Waals surface area (Å²) in [5.41, 5.74) is 3.86. The van der Waals surface area contributed by atoms with E-state index in [1.54, 1.807) is 24.5 Å². The Morgan fingerprint density at radius 2 is 1.96 bits per heavy atom. The van der Waals surface area contributed by atoms with Gasteiger partial charge in [0.1, 0.15) is 17.7 Å². The van der Waals surface area contributed by atoms with Crippen LogP contribution in [-0.4, -0.2) is 23.5 Å². The van der Waals surface area contributed by atoms with E-state index < -0.39 is 0 Å². The number of aryl methyl sites for hydroxylation is 1. The van der Waals surface area contributed by atoms with Crippen molar-refractivity contribution in [3.05, 3.63) is 83.4 Å². The van der Waals surface area contributed by atoms with Crippen LogP contribution in [0.25, 0.3) is 11.1 Å². The number of halogens is 1. The van der Waals surface area contributed by atoms with Crippen molar-refractivity contribution in [1.82, 2.24) is 10.3 Å². The molecule has 0 saturated heterocycles. The smallest absolute Gasteiger partial charge is 0.251 e. The zero-order valence-corrected chi connectivity index (χ0v) is 14.9. The van der Waals surface area contributed by atoms with E-state index in [0.29, 0.717) is 29.8 Å². The Hall–Kier alpha value is -3.21. The minimum Gasteiger partial charge on any atom is -0.487 e. The van der Waals surface area contributed by atoms with Crippen LogP contribution < -0.4 is 10.1 Å². The number of nitrogens with one attached hydrogen (secondary N) is 1. The molecule has 4 nitrogen and oxygen atoms in total. The maximum atomic E-state index is 14.3. The highest BCUT2D eigenvalue weighted by Crippen LogP contribution is 2.40. The van der Waals surface area contributed by atoms with Gasteiger partial charge in [-0.15, -0.1) is 0 Å². The van der Waals surface area contributed by atoms with E-state index in [1.807, 2.05) is 37.3 Å². The fourth-order valence-corrected chi connectivity index (χ4v) is 3.37. The SMILES string of the molecule is Cc1ccccc1C(=O)NCC1Cc2c(F)ccc(-c3ccncc3)c2O1. The van der Waals surface area contributed by atoms with Gasteiger partial charge in [0.2, 0.25) is 0 Å². The predicted molar refractivity (Wildman–Crippen MR) is 101 cm³/mol. The van der Waals surface area contributed by atoms with Crippen molar-refractivity contribution in [3.8, 4) is 16.9 Å². The van der Waals surface area contributed by atoms with Crippen LogP contribution in [0.1, 0.15) is 21.5 Å². The largest absolute Gasteiger partial charge is 0.487 e. The summed E-state index contributed by atoms with van der Waals surface area (Å²) in [4.78, 5) is 16.4. The minimum atomic E-state index is -0.301. The molecule has 0 aliphatic carbocycles. The molecule has 2 aromatic carbocycles. The van der Waals surface area contributed by atoms with Crippen molar-refractivity contribution in [1.29, 1.82) is 0 Å². The fraction of sp³-hybridized carbons (Fsp3) is 0.182. The number of rotatable bonds is 4. The Balaban J connectivity index is 1.50. The van der Waals surface area contributed by atoms with Gasteiger partial charge in [0, 0.05) is 35.5 Å². The lowest BCUT2D eigenvalue weighted by atomic mass is 10.0. The number of fused-ring (bicyclic) bond motifs is 1. The maximum absolute atomic E-state index is 14.3. The van der Waals surface area contributed by atoms with Gasteiger partial charge < -0.3 is 10.1 Å². The van der Waals surface area contributed by atoms with Gasteiger partial charge >= 0.3 is 0 Å². The summed E-state index contributed by atoms with van der Waals surface area (Å²) in [5.74, 6) is 0.120. The number of nitrogens with zero attached hydrogens (tertiary/aromatic N) is 1. The van der Waals surface area contributed by atoms with Gasteiger partial charge in [-0.1, -0.05) is 18.2 Å². The van der Waals surface area contributed by atoms with Crippen LogP contribution in [0.5, 0.6) is 5.75 Å². The summed E-state index contributed by atoms with van der Waals surface area (Å²) in [6.45, 7) is 2.21. The number of hydrogen-bond acceptors (Lipinski definition) is 3. The molecule has 27 heavy (non-hydrogen) atoms. The summed E-state index contributed by atoms with van der Waals surface area (Å²) in [6, 6.07) is 14.3. The molecule has 1 N–H and O–H groups in total. The third-order valence-electron chi connectivity index (χ3n) is 4.79. The highest BCUT2D eigenvalue weighted by Gasteiger charge is 2.29. The molecule has 1 aliphatic heterocycles. The number of hydrogen-bond donors (Lipinski definition) is 1. The van der Waals surface area contributed by atoms with Crippen LogP contribution in [-0.2, 0) is 6.42 Å². The first kappa shape index (κ1) is 17.2. The molecule has 1 amide bonds. The zero-order valence-electron chi connectivity index (χ0n) is 14.9. The third-order valence-corrected chi connectivity index (χ3v) is 4.79. The van der Waals surface area contributed by atoms with Crippen LogP contribution in [0.4, 0.5) is 4.39 Å². The van der Waals surface area contributed by atoms with Gasteiger partial charge in [0.05, 0.1) is 6.54 Å². The number of aromatic nitrogens is 1. The average Bonchev–Trinajstić information content (AvgIpc) is 3.12. The van der Waals surface area contributed by atoms with E-state index in [9.17, 15) is 9.18 Å². The second-order valence-electron chi connectivity index (χ2n) is 6.61. The number of ether oxygens (including phenoxy) is 1. The lowest BCUT2D eigenvalue weighted by molar-refractivity contribution is 0.0933. The Bertz CT molecular complexity index is 989. The highest BCUT2D eigenvalue weighted by atomic mass is 19.1. The molecule has 0 saturated carbocycles. The predicted octanol–water partition coefficient (Wildman–Crippen LogP) is 3.93. The summed E-state index contributed by atoms with van der Waals surface area (Å²) in [7, 11) is 0. The molecule has 3 aromatic rings. The average molecular weight is 362 g/mol. The van der Waals surface area contributed by atoms with Gasteiger partial charge in [0.25, 0.3) is 5.91 Å². The minimum absolute atomic E-state index is 0.150. The first-order valence-corrected chi connectivity index (χ1v) is 8.85. The monoisotopic (exact) mass is 362 g/mol. The van der Waals surface area contributed by atoms with Crippen LogP contribution in [0.3, 0.4) is 0 Å². The first-order chi connectivity index (χ1) is 13.1. The quantitative estimate of drug-likeness (QED) is 0.765. The van der Waals surface area contributed by atoms with Crippen molar-refractivity contribution in [2.45, 2.75) is 19.4 Å². The number of carbonyl (C=O) groups is 1. The van der Waals surface area contributed by atoms with Gasteiger partial charge in [-0.2, -0.15) is 0 Å². The highest BCUT2D eigenvalue weighted by molar-refractivity contribution is 5.95. The molecule has 136 valence electrons. The molecule has 5 heteroatoms. The van der Waals surface area contributed by atoms with Gasteiger partial charge in [-0.25, -0.2) is 4.39 Å². The standard InChI is InChI=1S/C22H19FN2O2/c1-14-4-2-3-5-17(14)22(26)25-13-16-12-19-20(23)7-6-18(21(19)27-16)15-8-10-24-11-9-15/h2-11,16H,12-13H2,1H3,(H,25,26). The van der Waals surface area contributed by atoms with Crippen molar-refractivity contribution in [2.24, 2.45) is 0 Å². The molecule has 1 atom stereocenters. The van der Waals surface area contributed by atoms with Crippen molar-refractivity contribution < 1.29 is 13.9 Å². The fourth-order valence-electron chi connectivity index (χ4n) is 3.37. The second-order valence-corrected chi connectivity index (χ2v) is 6.61. The van der Waals surface area contributed by atoms with Crippen LogP contribution >= 0.6 is 0 Å². The van der Waals surface area contributed by atoms with E-state index >= 15 is 0 Å². The molecule has 1 aromatic heterocycles. The molecule has 1 unspecified atom stereocenters. The van der Waals surface area contributed by atoms with Crippen molar-refractivity contribution >= 4 is 5.91 Å². The Labute approximate surface area is 157 Å². The number of carbonyl (C=O) groups excluding carboxylic acids is 1. The van der Waals surface area contributed by atoms with Crippen LogP contribution in [0.2, 0.25) is 0 Å². The van der Waals surface area contributed by atoms with Crippen LogP contribution in [0.15, 0.2) is 60.9 Å². The summed E-state index contributed by atoms with van der Waals surface area (Å²) < 4.78 is 20.3. The number of pyridine rings is 1. The van der Waals surface area contributed by atoms with Crippen molar-refractivity contribution in [3.63, 3.8) is 0 Å². The second kappa shape index (κ2) is 7.19. The molecular weight excluding hydrogens is 343 g/mol. The normalized spacial score (nSPS) is 15.1. The molecule has 4 rings (SSSR count). The summed E-state index contributed by atoms with van der Waals surface area (Å²) in [5, 5.41) is 2.90. The van der Waals surface area contributed by atoms with Crippen LogP contribution in [0, 0.1) is 12.7 Å². The van der Waals surface area contributed by atoms with E-state index in [2.05, 4.69) is 10.3 Å². The number of benzene rings is 2. The molecular formula is C22H19FN2O2. The van der Waals surface area contributed by atoms with E-state index in [1.165, 1.54) is 6.07 Å². The topological polar surface area (TPSA) is 51.2 Å². The van der Waals surface area contributed by atoms with E-state index in [4.69, 9.17) is 4.74 Å². The Morgan fingerprint density at radius 3 is 2.74 bits per heavy atom. The molecule has 1 aliphatic rings. The molecule has 0 spiro atoms. The van der Waals surface area contributed by atoms with Crippen molar-refractivity contribution in [2.75, 3.05) is 6.54 Å². The maximum Gasteiger partial charge on any atom is 0.251 e. The zero-order chi connectivity index (χ0) is 18.8. The molecule has 2 heterocycles. The lowest BCUT2D eigenvalue weighted by Gasteiger charge is -2.14. The third kappa shape index (κ3) is 3.40. The molecule has 0 fully saturated rings. The van der Waals surface area contributed by atoms with Gasteiger partial charge in [-0.3, -0.25) is 9.78 Å². The van der Waals surface area contributed by atoms with E-state index in [0.717, 1.165) is 16.7 Å². The Morgan fingerprint density at radius 1 is 1.19 bits per heavy atom. The number of amides is 1. The summed E-state index contributed by atoms with van der Waals surface area (Å²) in [6.07, 6.45) is 3.51. The van der Waals surface area contributed by atoms with Gasteiger partial charge in [0.15, 0.2) is 0 Å². The molecule has 0 radical (unpaired) electrons. The first-order valence-electron chi connectivity index (χ1n) is 8.85. The molecule has 0 bridgehead atoms. The summed E-state index contributed by atoms with van der Waals surface area (Å²) >= 11 is 0. The van der Waals surface area contributed by atoms with Gasteiger partial charge in [-0.05, 0) is 48.4 Å². The van der Waals surface area contributed by atoms with E-state index in [-0.39, 0.29) is 17.8 Å².